The summed E-state index contributed by atoms with van der Waals surface area (Å²) in [5, 5.41) is 3.09. The Kier molecular flexibility index (Phi) is 6.13. The zero-order chi connectivity index (χ0) is 18.4. The van der Waals surface area contributed by atoms with Crippen molar-refractivity contribution in [3.05, 3.63) is 41.2 Å². The molecule has 1 heterocycles. The molecule has 0 spiro atoms. The Balaban J connectivity index is 1.91. The third-order valence-electron chi connectivity index (χ3n) is 3.43. The van der Waals surface area contributed by atoms with Crippen LogP contribution in [-0.2, 0) is 17.5 Å². The average molecular weight is 355 g/mol. The van der Waals surface area contributed by atoms with Crippen molar-refractivity contribution in [1.29, 1.82) is 0 Å². The molecular weight excluding hydrogens is 335 g/mol. The fraction of sp³-hybridized carbons (Fsp3) is 0.438. The highest BCUT2D eigenvalue weighted by atomic mass is 19.4. The van der Waals surface area contributed by atoms with E-state index < -0.39 is 11.7 Å². The van der Waals surface area contributed by atoms with Crippen molar-refractivity contribution in [3.8, 4) is 0 Å². The van der Waals surface area contributed by atoms with Crippen molar-refractivity contribution >= 4 is 11.9 Å². The number of halogens is 3. The minimum atomic E-state index is -4.36. The molecule has 2 aromatic rings. The van der Waals surface area contributed by atoms with Crippen LogP contribution in [0.1, 0.15) is 30.3 Å². The smallest absolute Gasteiger partial charge is 0.375 e. The summed E-state index contributed by atoms with van der Waals surface area (Å²) < 4.78 is 43.6. The summed E-state index contributed by atoms with van der Waals surface area (Å²) in [4.78, 5) is 12.0. The molecule has 1 aromatic heterocycles. The van der Waals surface area contributed by atoms with Crippen LogP contribution in [0.3, 0.4) is 0 Å². The molecule has 0 aliphatic carbocycles. The van der Waals surface area contributed by atoms with E-state index in [2.05, 4.69) is 20.3 Å². The summed E-state index contributed by atoms with van der Waals surface area (Å²) in [7, 11) is 0. The first-order valence-electron chi connectivity index (χ1n) is 7.76. The molecule has 1 unspecified atom stereocenters. The van der Waals surface area contributed by atoms with Crippen molar-refractivity contribution in [3.63, 3.8) is 0 Å². The van der Waals surface area contributed by atoms with E-state index in [1.54, 1.807) is 13.0 Å². The maximum absolute atomic E-state index is 12.7. The van der Waals surface area contributed by atoms with Gasteiger partial charge in [0.2, 0.25) is 11.9 Å². The molecule has 0 bridgehead atoms. The van der Waals surface area contributed by atoms with Crippen LogP contribution in [0.25, 0.3) is 0 Å². The lowest BCUT2D eigenvalue weighted by atomic mass is 10.1. The van der Waals surface area contributed by atoms with Crippen molar-refractivity contribution < 1.29 is 17.9 Å². The van der Waals surface area contributed by atoms with Gasteiger partial charge in [0.05, 0.1) is 24.8 Å². The van der Waals surface area contributed by atoms with Gasteiger partial charge in [0.15, 0.2) is 0 Å². The number of anilines is 2. The van der Waals surface area contributed by atoms with Gasteiger partial charge in [0.25, 0.3) is 0 Å². The Hall–Kier alpha value is -2.42. The van der Waals surface area contributed by atoms with Crippen LogP contribution in [0.5, 0.6) is 0 Å². The SMILES string of the molecule is CCC(COCc1cccc(C(F)(F)F)c1)Nc1nc(C)nc(N)n1. The molecule has 25 heavy (non-hydrogen) atoms. The maximum Gasteiger partial charge on any atom is 0.416 e. The number of nitrogen functional groups attached to an aromatic ring is 1. The standard InChI is InChI=1S/C16H20F3N5O/c1-3-13(23-15-22-10(2)21-14(20)24-15)9-25-8-11-5-4-6-12(7-11)16(17,18)19/h4-7,13H,3,8-9H2,1-2H3,(H3,20,21,22,23,24). The molecule has 9 heteroatoms. The molecule has 1 aromatic carbocycles. The van der Waals surface area contributed by atoms with Crippen LogP contribution in [0.4, 0.5) is 25.1 Å². The van der Waals surface area contributed by atoms with Gasteiger partial charge in [-0.3, -0.25) is 0 Å². The van der Waals surface area contributed by atoms with Crippen LogP contribution in [0.15, 0.2) is 24.3 Å². The molecule has 136 valence electrons. The summed E-state index contributed by atoms with van der Waals surface area (Å²) in [5.41, 5.74) is 5.35. The fourth-order valence-electron chi connectivity index (χ4n) is 2.17. The molecular formula is C16H20F3N5O. The number of nitrogens with zero attached hydrogens (tertiary/aromatic N) is 3. The number of alkyl halides is 3. The molecule has 6 nitrogen and oxygen atoms in total. The highest BCUT2D eigenvalue weighted by Gasteiger charge is 2.30. The van der Waals surface area contributed by atoms with Gasteiger partial charge >= 0.3 is 6.18 Å². The quantitative estimate of drug-likeness (QED) is 0.793. The van der Waals surface area contributed by atoms with E-state index in [-0.39, 0.29) is 25.2 Å². The highest BCUT2D eigenvalue weighted by Crippen LogP contribution is 2.29. The normalized spacial score (nSPS) is 12.8. The van der Waals surface area contributed by atoms with Crippen molar-refractivity contribution in [2.75, 3.05) is 17.7 Å². The number of nitrogens with two attached hydrogens (primary N) is 1. The Bertz CT molecular complexity index is 688. The Morgan fingerprint density at radius 3 is 2.64 bits per heavy atom. The molecule has 0 saturated heterocycles. The lowest BCUT2D eigenvalue weighted by Crippen LogP contribution is -2.26. The van der Waals surface area contributed by atoms with Gasteiger partial charge in [-0.05, 0) is 31.0 Å². The maximum atomic E-state index is 12.7. The number of aromatic nitrogens is 3. The first kappa shape index (κ1) is 18.9. The second-order valence-corrected chi connectivity index (χ2v) is 5.53. The highest BCUT2D eigenvalue weighted by molar-refractivity contribution is 5.32. The topological polar surface area (TPSA) is 86.0 Å². The zero-order valence-corrected chi connectivity index (χ0v) is 14.0. The Labute approximate surface area is 143 Å². The van der Waals surface area contributed by atoms with E-state index in [1.807, 2.05) is 6.92 Å². The van der Waals surface area contributed by atoms with Gasteiger partial charge in [0, 0.05) is 0 Å². The Morgan fingerprint density at radius 2 is 2.00 bits per heavy atom. The second kappa shape index (κ2) is 8.11. The van der Waals surface area contributed by atoms with Crippen LogP contribution < -0.4 is 11.1 Å². The molecule has 2 rings (SSSR count). The first-order valence-corrected chi connectivity index (χ1v) is 7.76. The number of hydrogen-bond donors (Lipinski definition) is 2. The number of nitrogens with one attached hydrogen (secondary N) is 1. The minimum Gasteiger partial charge on any atom is -0.375 e. The van der Waals surface area contributed by atoms with Gasteiger partial charge in [0.1, 0.15) is 5.82 Å². The molecule has 0 saturated carbocycles. The molecule has 0 aliphatic heterocycles. The van der Waals surface area contributed by atoms with Gasteiger partial charge in [-0.1, -0.05) is 19.1 Å². The molecule has 0 fully saturated rings. The van der Waals surface area contributed by atoms with E-state index in [9.17, 15) is 13.2 Å². The molecule has 0 aliphatic rings. The van der Waals surface area contributed by atoms with Crippen molar-refractivity contribution in [2.24, 2.45) is 0 Å². The zero-order valence-electron chi connectivity index (χ0n) is 14.0. The lowest BCUT2D eigenvalue weighted by Gasteiger charge is -2.17. The van der Waals surface area contributed by atoms with E-state index in [0.29, 0.717) is 23.8 Å². The van der Waals surface area contributed by atoms with E-state index >= 15 is 0 Å². The monoisotopic (exact) mass is 355 g/mol. The van der Waals surface area contributed by atoms with Gasteiger partial charge in [-0.25, -0.2) is 0 Å². The molecule has 0 amide bonds. The molecule has 1 atom stereocenters. The number of rotatable bonds is 7. The number of aryl methyl sites for hydroxylation is 1. The summed E-state index contributed by atoms with van der Waals surface area (Å²) in [6, 6.07) is 4.98. The van der Waals surface area contributed by atoms with Gasteiger partial charge in [-0.2, -0.15) is 28.1 Å². The number of ether oxygens (including phenoxy) is 1. The predicted octanol–water partition coefficient (Wildman–Crippen LogP) is 3.19. The van der Waals surface area contributed by atoms with Gasteiger partial charge in [-0.15, -0.1) is 0 Å². The van der Waals surface area contributed by atoms with E-state index in [4.69, 9.17) is 10.5 Å². The van der Waals surface area contributed by atoms with E-state index in [0.717, 1.165) is 12.1 Å². The largest absolute Gasteiger partial charge is 0.416 e. The third-order valence-corrected chi connectivity index (χ3v) is 3.43. The second-order valence-electron chi connectivity index (χ2n) is 5.53. The summed E-state index contributed by atoms with van der Waals surface area (Å²) >= 11 is 0. The molecule has 0 radical (unpaired) electrons. The van der Waals surface area contributed by atoms with Crippen LogP contribution in [0, 0.1) is 6.92 Å². The summed E-state index contributed by atoms with van der Waals surface area (Å²) in [5.74, 6) is 0.962. The van der Waals surface area contributed by atoms with Crippen molar-refractivity contribution in [1.82, 2.24) is 15.0 Å². The van der Waals surface area contributed by atoms with Crippen LogP contribution >= 0.6 is 0 Å². The number of hydrogen-bond acceptors (Lipinski definition) is 6. The van der Waals surface area contributed by atoms with Crippen LogP contribution in [-0.4, -0.2) is 27.6 Å². The van der Waals surface area contributed by atoms with E-state index in [1.165, 1.54) is 6.07 Å². The minimum absolute atomic E-state index is 0.0838. The first-order chi connectivity index (χ1) is 11.8. The average Bonchev–Trinajstić information content (AvgIpc) is 2.52. The van der Waals surface area contributed by atoms with Crippen molar-refractivity contribution in [2.45, 2.75) is 39.1 Å². The number of benzene rings is 1. The molecule has 3 N–H and O–H groups in total. The predicted molar refractivity (Wildman–Crippen MR) is 87.8 cm³/mol. The fourth-order valence-corrected chi connectivity index (χ4v) is 2.17. The summed E-state index contributed by atoms with van der Waals surface area (Å²) in [6.45, 7) is 4.02. The Morgan fingerprint density at radius 1 is 1.24 bits per heavy atom. The third kappa shape index (κ3) is 5.86. The van der Waals surface area contributed by atoms with Crippen LogP contribution in [0.2, 0.25) is 0 Å². The lowest BCUT2D eigenvalue weighted by molar-refractivity contribution is -0.137. The summed E-state index contributed by atoms with van der Waals surface area (Å²) in [6.07, 6.45) is -3.65. The van der Waals surface area contributed by atoms with Gasteiger partial charge < -0.3 is 15.8 Å².